The standard InChI is InChI=1S/C10H14O3/c1-4-7-6-8(5-2)13-10(7,3)9(11)12/h5-7H,2,4H2,1,3H3,(H,11,12). The highest BCUT2D eigenvalue weighted by Crippen LogP contribution is 2.36. The van der Waals surface area contributed by atoms with E-state index in [0.29, 0.717) is 5.76 Å². The zero-order valence-corrected chi connectivity index (χ0v) is 7.91. The molecule has 0 radical (unpaired) electrons. The predicted octanol–water partition coefficient (Wildman–Crippen LogP) is 1.96. The van der Waals surface area contributed by atoms with Crippen LogP contribution in [0.3, 0.4) is 0 Å². The molecule has 0 fully saturated rings. The number of ether oxygens (including phenoxy) is 1. The quantitative estimate of drug-likeness (QED) is 0.725. The largest absolute Gasteiger partial charge is 0.478 e. The first-order valence-corrected chi connectivity index (χ1v) is 4.31. The van der Waals surface area contributed by atoms with Crippen molar-refractivity contribution >= 4 is 5.97 Å². The molecule has 0 aromatic rings. The summed E-state index contributed by atoms with van der Waals surface area (Å²) in [5, 5.41) is 8.99. The fraction of sp³-hybridized carbons (Fsp3) is 0.500. The summed E-state index contributed by atoms with van der Waals surface area (Å²) in [6.45, 7) is 7.09. The molecule has 3 heteroatoms. The van der Waals surface area contributed by atoms with Crippen LogP contribution in [0.1, 0.15) is 20.3 Å². The van der Waals surface area contributed by atoms with Crippen LogP contribution >= 0.6 is 0 Å². The second kappa shape index (κ2) is 3.24. The van der Waals surface area contributed by atoms with E-state index in [1.54, 1.807) is 6.92 Å². The van der Waals surface area contributed by atoms with Gasteiger partial charge in [-0.3, -0.25) is 0 Å². The Morgan fingerprint density at radius 2 is 2.54 bits per heavy atom. The van der Waals surface area contributed by atoms with Crippen LogP contribution < -0.4 is 0 Å². The third kappa shape index (κ3) is 1.46. The third-order valence-corrected chi connectivity index (χ3v) is 2.47. The molecule has 0 saturated heterocycles. The number of hydrogen-bond acceptors (Lipinski definition) is 2. The lowest BCUT2D eigenvalue weighted by molar-refractivity contribution is -0.159. The van der Waals surface area contributed by atoms with Crippen LogP contribution in [-0.2, 0) is 9.53 Å². The van der Waals surface area contributed by atoms with Crippen molar-refractivity contribution in [1.82, 2.24) is 0 Å². The first-order valence-electron chi connectivity index (χ1n) is 4.31. The van der Waals surface area contributed by atoms with Crippen LogP contribution in [0.2, 0.25) is 0 Å². The maximum atomic E-state index is 11.0. The van der Waals surface area contributed by atoms with Gasteiger partial charge in [-0.25, -0.2) is 4.79 Å². The number of hydrogen-bond donors (Lipinski definition) is 1. The fourth-order valence-corrected chi connectivity index (χ4v) is 1.53. The Labute approximate surface area is 77.7 Å². The van der Waals surface area contributed by atoms with Gasteiger partial charge in [-0.2, -0.15) is 0 Å². The van der Waals surface area contributed by atoms with Crippen LogP contribution in [0.5, 0.6) is 0 Å². The maximum absolute atomic E-state index is 11.0. The lowest BCUT2D eigenvalue weighted by Gasteiger charge is -2.25. The maximum Gasteiger partial charge on any atom is 0.348 e. The van der Waals surface area contributed by atoms with Crippen molar-refractivity contribution in [2.24, 2.45) is 5.92 Å². The molecule has 0 aromatic carbocycles. The van der Waals surface area contributed by atoms with Gasteiger partial charge in [0.25, 0.3) is 0 Å². The molecule has 2 atom stereocenters. The monoisotopic (exact) mass is 182 g/mol. The number of rotatable bonds is 3. The van der Waals surface area contributed by atoms with Gasteiger partial charge in [0, 0.05) is 5.92 Å². The second-order valence-electron chi connectivity index (χ2n) is 3.30. The van der Waals surface area contributed by atoms with Gasteiger partial charge in [0.1, 0.15) is 5.76 Å². The summed E-state index contributed by atoms with van der Waals surface area (Å²) in [6.07, 6.45) is 4.11. The molecule has 0 spiro atoms. The molecule has 0 aromatic heterocycles. The summed E-state index contributed by atoms with van der Waals surface area (Å²) in [6, 6.07) is 0. The molecule has 1 N–H and O–H groups in total. The van der Waals surface area contributed by atoms with Gasteiger partial charge in [-0.1, -0.05) is 13.5 Å². The summed E-state index contributed by atoms with van der Waals surface area (Å²) < 4.78 is 5.31. The van der Waals surface area contributed by atoms with E-state index in [-0.39, 0.29) is 5.92 Å². The number of aliphatic carboxylic acids is 1. The molecule has 1 rings (SSSR count). The van der Waals surface area contributed by atoms with E-state index in [2.05, 4.69) is 6.58 Å². The van der Waals surface area contributed by atoms with Crippen molar-refractivity contribution in [2.45, 2.75) is 25.9 Å². The zero-order chi connectivity index (χ0) is 10.1. The van der Waals surface area contributed by atoms with Gasteiger partial charge in [0.2, 0.25) is 5.60 Å². The van der Waals surface area contributed by atoms with Gasteiger partial charge >= 0.3 is 5.97 Å². The number of carboxylic acids is 1. The first-order chi connectivity index (χ1) is 6.04. The Hall–Kier alpha value is -1.25. The van der Waals surface area contributed by atoms with E-state index in [1.807, 2.05) is 13.0 Å². The summed E-state index contributed by atoms with van der Waals surface area (Å²) in [5.41, 5.74) is -1.11. The Balaban J connectivity index is 2.93. The Kier molecular flexibility index (Phi) is 2.45. The molecule has 0 bridgehead atoms. The minimum absolute atomic E-state index is 0.0713. The fourth-order valence-electron chi connectivity index (χ4n) is 1.53. The van der Waals surface area contributed by atoms with E-state index in [9.17, 15) is 4.79 Å². The molecule has 1 aliphatic heterocycles. The van der Waals surface area contributed by atoms with Crippen molar-refractivity contribution in [1.29, 1.82) is 0 Å². The van der Waals surface area contributed by atoms with Crippen molar-refractivity contribution in [3.05, 3.63) is 24.5 Å². The number of carbonyl (C=O) groups is 1. The van der Waals surface area contributed by atoms with Crippen LogP contribution in [0.4, 0.5) is 0 Å². The molecule has 0 amide bonds. The normalized spacial score (nSPS) is 32.2. The van der Waals surface area contributed by atoms with Crippen LogP contribution in [-0.4, -0.2) is 16.7 Å². The molecule has 72 valence electrons. The van der Waals surface area contributed by atoms with Crippen LogP contribution in [0.15, 0.2) is 24.5 Å². The van der Waals surface area contributed by atoms with E-state index in [0.717, 1.165) is 6.42 Å². The minimum Gasteiger partial charge on any atom is -0.478 e. The van der Waals surface area contributed by atoms with E-state index in [1.165, 1.54) is 6.08 Å². The lowest BCUT2D eigenvalue weighted by Crippen LogP contribution is -2.41. The second-order valence-corrected chi connectivity index (χ2v) is 3.30. The summed E-state index contributed by atoms with van der Waals surface area (Å²) >= 11 is 0. The average molecular weight is 182 g/mol. The highest BCUT2D eigenvalue weighted by molar-refractivity contribution is 5.78. The topological polar surface area (TPSA) is 46.5 Å². The highest BCUT2D eigenvalue weighted by Gasteiger charge is 2.46. The number of allylic oxidation sites excluding steroid dienone is 1. The summed E-state index contributed by atoms with van der Waals surface area (Å²) in [4.78, 5) is 11.0. The molecule has 1 aliphatic rings. The van der Waals surface area contributed by atoms with Crippen molar-refractivity contribution in [3.8, 4) is 0 Å². The predicted molar refractivity (Wildman–Crippen MR) is 49.2 cm³/mol. The van der Waals surface area contributed by atoms with Gasteiger partial charge in [-0.05, 0) is 25.5 Å². The van der Waals surface area contributed by atoms with Crippen LogP contribution in [0.25, 0.3) is 0 Å². The van der Waals surface area contributed by atoms with Gasteiger partial charge < -0.3 is 9.84 Å². The van der Waals surface area contributed by atoms with E-state index >= 15 is 0 Å². The van der Waals surface area contributed by atoms with Gasteiger partial charge in [0.15, 0.2) is 0 Å². The molecule has 3 nitrogen and oxygen atoms in total. The van der Waals surface area contributed by atoms with Crippen molar-refractivity contribution in [3.63, 3.8) is 0 Å². The molecule has 2 unspecified atom stereocenters. The molecular formula is C10H14O3. The summed E-state index contributed by atoms with van der Waals surface area (Å²) in [7, 11) is 0. The molecule has 1 heterocycles. The van der Waals surface area contributed by atoms with Gasteiger partial charge in [0.05, 0.1) is 0 Å². The SMILES string of the molecule is C=CC1=CC(CC)C(C)(C(=O)O)O1. The Morgan fingerprint density at radius 3 is 2.85 bits per heavy atom. The first kappa shape index (κ1) is 9.84. The average Bonchev–Trinajstić information content (AvgIpc) is 2.43. The smallest absolute Gasteiger partial charge is 0.348 e. The molecular weight excluding hydrogens is 168 g/mol. The Bertz CT molecular complexity index is 267. The lowest BCUT2D eigenvalue weighted by atomic mass is 9.88. The van der Waals surface area contributed by atoms with Crippen molar-refractivity contribution < 1.29 is 14.6 Å². The van der Waals surface area contributed by atoms with Gasteiger partial charge in [-0.15, -0.1) is 0 Å². The van der Waals surface area contributed by atoms with Crippen molar-refractivity contribution in [2.75, 3.05) is 0 Å². The third-order valence-electron chi connectivity index (χ3n) is 2.47. The zero-order valence-electron chi connectivity index (χ0n) is 7.91. The summed E-state index contributed by atoms with van der Waals surface area (Å²) in [5.74, 6) is -0.429. The van der Waals surface area contributed by atoms with E-state index in [4.69, 9.17) is 9.84 Å². The highest BCUT2D eigenvalue weighted by atomic mass is 16.5. The molecule has 13 heavy (non-hydrogen) atoms. The minimum atomic E-state index is -1.11. The van der Waals surface area contributed by atoms with Crippen LogP contribution in [0, 0.1) is 5.92 Å². The molecule has 0 saturated carbocycles. The van der Waals surface area contributed by atoms with E-state index < -0.39 is 11.6 Å². The number of carboxylic acid groups (broad SMARTS) is 1. The Morgan fingerprint density at radius 1 is 1.92 bits per heavy atom. The molecule has 0 aliphatic carbocycles.